The molecule has 1 atom stereocenters. The smallest absolute Gasteiger partial charge is 0.255 e. The van der Waals surface area contributed by atoms with Gasteiger partial charge in [0.1, 0.15) is 0 Å². The molecule has 1 aromatic heterocycles. The molecule has 0 bridgehead atoms. The van der Waals surface area contributed by atoms with E-state index in [0.717, 1.165) is 27.3 Å². The van der Waals surface area contributed by atoms with E-state index in [4.69, 9.17) is 5.73 Å². The first-order chi connectivity index (χ1) is 9.91. The first-order valence-corrected chi connectivity index (χ1v) is 7.88. The number of hydrogen-bond acceptors (Lipinski definition) is 4. The lowest BCUT2D eigenvalue weighted by Gasteiger charge is -2.28. The van der Waals surface area contributed by atoms with E-state index in [1.807, 2.05) is 50.8 Å². The molecule has 0 aliphatic carbocycles. The second kappa shape index (κ2) is 4.84. The van der Waals surface area contributed by atoms with Gasteiger partial charge in [0.05, 0.1) is 16.6 Å². The van der Waals surface area contributed by atoms with Gasteiger partial charge in [0, 0.05) is 11.6 Å². The van der Waals surface area contributed by atoms with Crippen molar-refractivity contribution in [1.82, 2.24) is 9.88 Å². The summed E-state index contributed by atoms with van der Waals surface area (Å²) in [6, 6.07) is 6.10. The van der Waals surface area contributed by atoms with Crippen LogP contribution in [-0.4, -0.2) is 21.8 Å². The van der Waals surface area contributed by atoms with Crippen molar-refractivity contribution in [2.24, 2.45) is 0 Å². The fourth-order valence-electron chi connectivity index (χ4n) is 3.09. The third-order valence-electron chi connectivity index (χ3n) is 3.98. The molecule has 2 aromatic rings. The number of carbonyl (C=O) groups is 1. The molecular formula is C16H19N3OS. The van der Waals surface area contributed by atoms with Gasteiger partial charge in [-0.05, 0) is 38.8 Å². The molecule has 0 saturated heterocycles. The van der Waals surface area contributed by atoms with E-state index in [-0.39, 0.29) is 18.0 Å². The van der Waals surface area contributed by atoms with E-state index in [0.29, 0.717) is 5.13 Å². The summed E-state index contributed by atoms with van der Waals surface area (Å²) in [6.07, 6.45) is 0. The molecule has 5 heteroatoms. The normalized spacial score (nSPS) is 17.7. The van der Waals surface area contributed by atoms with Gasteiger partial charge in [-0.1, -0.05) is 29.5 Å². The Morgan fingerprint density at radius 2 is 2.05 bits per heavy atom. The van der Waals surface area contributed by atoms with E-state index >= 15 is 0 Å². The fraction of sp³-hybridized carbons (Fsp3) is 0.375. The molecule has 4 nitrogen and oxygen atoms in total. The Bertz CT molecular complexity index is 720. The van der Waals surface area contributed by atoms with Crippen molar-refractivity contribution < 1.29 is 4.79 Å². The third kappa shape index (κ3) is 2.03. The summed E-state index contributed by atoms with van der Waals surface area (Å²) in [4.78, 5) is 20.2. The first kappa shape index (κ1) is 14.1. The van der Waals surface area contributed by atoms with Crippen LogP contribution in [0.25, 0.3) is 0 Å². The molecule has 0 spiro atoms. The summed E-state index contributed by atoms with van der Waals surface area (Å²) >= 11 is 1.48. The first-order valence-electron chi connectivity index (χ1n) is 7.06. The highest BCUT2D eigenvalue weighted by Crippen LogP contribution is 2.44. The Hall–Kier alpha value is -1.88. The number of thiazole rings is 1. The molecule has 1 amide bonds. The summed E-state index contributed by atoms with van der Waals surface area (Å²) in [6.45, 7) is 8.04. The van der Waals surface area contributed by atoms with Crippen molar-refractivity contribution in [3.05, 3.63) is 45.5 Å². The van der Waals surface area contributed by atoms with Crippen molar-refractivity contribution in [3.63, 3.8) is 0 Å². The fourth-order valence-corrected chi connectivity index (χ4v) is 4.04. The molecule has 1 aromatic carbocycles. The molecule has 0 radical (unpaired) electrons. The van der Waals surface area contributed by atoms with Crippen molar-refractivity contribution >= 4 is 22.4 Å². The van der Waals surface area contributed by atoms with Crippen molar-refractivity contribution in [2.75, 3.05) is 5.73 Å². The molecule has 0 fully saturated rings. The summed E-state index contributed by atoms with van der Waals surface area (Å²) in [5.41, 5.74) is 9.70. The maximum absolute atomic E-state index is 12.8. The molecule has 21 heavy (non-hydrogen) atoms. The van der Waals surface area contributed by atoms with Gasteiger partial charge in [0.15, 0.2) is 5.13 Å². The second-order valence-corrected chi connectivity index (χ2v) is 6.81. The highest BCUT2D eigenvalue weighted by atomic mass is 32.1. The number of benzene rings is 1. The molecule has 0 saturated carbocycles. The van der Waals surface area contributed by atoms with Crippen LogP contribution >= 0.6 is 11.3 Å². The molecule has 1 aliphatic rings. The van der Waals surface area contributed by atoms with Crippen molar-refractivity contribution in [2.45, 2.75) is 39.8 Å². The zero-order chi connectivity index (χ0) is 15.3. The highest BCUT2D eigenvalue weighted by Gasteiger charge is 2.41. The van der Waals surface area contributed by atoms with Gasteiger partial charge < -0.3 is 10.6 Å². The van der Waals surface area contributed by atoms with Gasteiger partial charge in [0.25, 0.3) is 5.91 Å². The summed E-state index contributed by atoms with van der Waals surface area (Å²) in [5.74, 6) is 0.106. The largest absolute Gasteiger partial charge is 0.375 e. The van der Waals surface area contributed by atoms with E-state index in [2.05, 4.69) is 4.98 Å². The Balaban J connectivity index is 2.24. The number of fused-ring (bicyclic) bond motifs is 1. The van der Waals surface area contributed by atoms with Gasteiger partial charge in [-0.25, -0.2) is 4.98 Å². The van der Waals surface area contributed by atoms with Gasteiger partial charge in [-0.15, -0.1) is 0 Å². The summed E-state index contributed by atoms with van der Waals surface area (Å²) < 4.78 is 0. The van der Waals surface area contributed by atoms with Gasteiger partial charge in [-0.3, -0.25) is 4.79 Å². The minimum atomic E-state index is -0.0674. The highest BCUT2D eigenvalue weighted by molar-refractivity contribution is 7.15. The zero-order valence-corrected chi connectivity index (χ0v) is 13.5. The van der Waals surface area contributed by atoms with Crippen LogP contribution in [0.5, 0.6) is 0 Å². The number of nitrogen functional groups attached to an aromatic ring is 1. The molecule has 2 N–H and O–H groups in total. The average molecular weight is 301 g/mol. The van der Waals surface area contributed by atoms with E-state index < -0.39 is 0 Å². The molecular weight excluding hydrogens is 282 g/mol. The van der Waals surface area contributed by atoms with Gasteiger partial charge in [-0.2, -0.15) is 0 Å². The number of anilines is 1. The quantitative estimate of drug-likeness (QED) is 0.926. The SMILES string of the molecule is Cc1cccc2c1C(=O)N(C(C)C)C2c1sc(N)nc1C. The number of aryl methyl sites for hydroxylation is 2. The maximum atomic E-state index is 12.8. The number of carbonyl (C=O) groups excluding carboxylic acids is 1. The van der Waals surface area contributed by atoms with Crippen LogP contribution < -0.4 is 5.73 Å². The third-order valence-corrected chi connectivity index (χ3v) is 5.02. The monoisotopic (exact) mass is 301 g/mol. The number of hydrogen-bond donors (Lipinski definition) is 1. The van der Waals surface area contributed by atoms with Crippen LogP contribution in [0.4, 0.5) is 5.13 Å². The van der Waals surface area contributed by atoms with Crippen LogP contribution in [0, 0.1) is 13.8 Å². The Labute approximate surface area is 128 Å². The Morgan fingerprint density at radius 3 is 2.62 bits per heavy atom. The van der Waals surface area contributed by atoms with E-state index in [9.17, 15) is 4.79 Å². The predicted octanol–water partition coefficient (Wildman–Crippen LogP) is 3.30. The second-order valence-electron chi connectivity index (χ2n) is 5.75. The number of rotatable bonds is 2. The topological polar surface area (TPSA) is 59.2 Å². The predicted molar refractivity (Wildman–Crippen MR) is 85.6 cm³/mol. The van der Waals surface area contributed by atoms with Crippen LogP contribution in [0.15, 0.2) is 18.2 Å². The van der Waals surface area contributed by atoms with Crippen LogP contribution in [0.1, 0.15) is 51.9 Å². The van der Waals surface area contributed by atoms with E-state index in [1.54, 1.807) is 0 Å². The Morgan fingerprint density at radius 1 is 1.33 bits per heavy atom. The van der Waals surface area contributed by atoms with Gasteiger partial charge in [0.2, 0.25) is 0 Å². The Kier molecular flexibility index (Phi) is 3.24. The maximum Gasteiger partial charge on any atom is 0.255 e. The minimum absolute atomic E-state index is 0.0674. The molecule has 1 aliphatic heterocycles. The lowest BCUT2D eigenvalue weighted by Crippen LogP contribution is -2.35. The number of nitrogens with zero attached hydrogens (tertiary/aromatic N) is 2. The standard InChI is InChI=1S/C16H19N3OS/c1-8(2)19-13(14-10(4)18-16(17)21-14)11-7-5-6-9(3)12(11)15(19)20/h5-8,13H,1-4H3,(H2,17,18). The van der Waals surface area contributed by atoms with Gasteiger partial charge >= 0.3 is 0 Å². The molecule has 2 heterocycles. The number of aromatic nitrogens is 1. The molecule has 110 valence electrons. The summed E-state index contributed by atoms with van der Waals surface area (Å²) in [7, 11) is 0. The lowest BCUT2D eigenvalue weighted by molar-refractivity contribution is 0.0695. The molecule has 3 rings (SSSR count). The number of amides is 1. The number of nitrogens with two attached hydrogens (primary N) is 1. The van der Waals surface area contributed by atoms with Crippen molar-refractivity contribution in [3.8, 4) is 0 Å². The minimum Gasteiger partial charge on any atom is -0.375 e. The van der Waals surface area contributed by atoms with Crippen LogP contribution in [0.3, 0.4) is 0 Å². The van der Waals surface area contributed by atoms with Crippen LogP contribution in [-0.2, 0) is 0 Å². The summed E-state index contributed by atoms with van der Waals surface area (Å²) in [5, 5.41) is 0.555. The zero-order valence-electron chi connectivity index (χ0n) is 12.7. The molecule has 1 unspecified atom stereocenters. The van der Waals surface area contributed by atoms with Crippen LogP contribution in [0.2, 0.25) is 0 Å². The average Bonchev–Trinajstić information content (AvgIpc) is 2.87. The van der Waals surface area contributed by atoms with Crippen molar-refractivity contribution in [1.29, 1.82) is 0 Å². The lowest BCUT2D eigenvalue weighted by atomic mass is 9.99. The van der Waals surface area contributed by atoms with E-state index in [1.165, 1.54) is 11.3 Å².